The van der Waals surface area contributed by atoms with Crippen molar-refractivity contribution in [3.05, 3.63) is 36.4 Å². The third-order valence-electron chi connectivity index (χ3n) is 5.64. The second kappa shape index (κ2) is 10.2. The number of carboxylic acids is 1. The quantitative estimate of drug-likeness (QED) is 0.264. The summed E-state index contributed by atoms with van der Waals surface area (Å²) in [5.41, 5.74) is 0.543. The van der Waals surface area contributed by atoms with Crippen LogP contribution < -0.4 is 10.6 Å². The van der Waals surface area contributed by atoms with Crippen LogP contribution in [0.25, 0.3) is 0 Å². The van der Waals surface area contributed by atoms with Crippen LogP contribution in [0.4, 0.5) is 5.69 Å². The summed E-state index contributed by atoms with van der Waals surface area (Å²) in [4.78, 5) is 35.4. The first-order valence-electron chi connectivity index (χ1n) is 10.3. The number of unbranched alkanes of at least 4 members (excludes halogenated alkanes) is 1. The summed E-state index contributed by atoms with van der Waals surface area (Å²) in [6, 6.07) is 6.11. The summed E-state index contributed by atoms with van der Waals surface area (Å²) < 4.78 is 5.95. The number of nitrogens with one attached hydrogen (secondary N) is 2. The van der Waals surface area contributed by atoms with Crippen molar-refractivity contribution in [1.29, 1.82) is 0 Å². The average Bonchev–Trinajstić information content (AvgIpc) is 3.32. The number of phenols is 1. The highest BCUT2D eigenvalue weighted by molar-refractivity contribution is 5.95. The molecule has 0 aromatic heterocycles. The number of benzene rings is 1. The van der Waals surface area contributed by atoms with Gasteiger partial charge in [-0.05, 0) is 56.4 Å². The number of hydrogen-bond donors (Lipinski definition) is 4. The second-order valence-electron chi connectivity index (χ2n) is 7.79. The van der Waals surface area contributed by atoms with Gasteiger partial charge in [0.15, 0.2) is 0 Å². The zero-order valence-electron chi connectivity index (χ0n) is 16.8. The van der Waals surface area contributed by atoms with Crippen LogP contribution >= 0.6 is 0 Å². The fraction of sp³-hybridized carbons (Fsp3) is 0.500. The lowest BCUT2D eigenvalue weighted by Gasteiger charge is -2.26. The van der Waals surface area contributed by atoms with Gasteiger partial charge in [-0.25, -0.2) is 0 Å². The number of allylic oxidation sites excluding steroid dienone is 2. The maximum atomic E-state index is 12.8. The predicted molar refractivity (Wildman–Crippen MR) is 110 cm³/mol. The third-order valence-corrected chi connectivity index (χ3v) is 5.64. The monoisotopic (exact) mass is 416 g/mol. The van der Waals surface area contributed by atoms with E-state index in [2.05, 4.69) is 10.6 Å². The molecule has 4 atom stereocenters. The first kappa shape index (κ1) is 21.8. The lowest BCUT2D eigenvalue weighted by atomic mass is 9.77. The number of carboxylic acid groups (broad SMARTS) is 1. The molecule has 2 amide bonds. The Kier molecular flexibility index (Phi) is 7.46. The van der Waals surface area contributed by atoms with E-state index in [4.69, 9.17) is 9.84 Å². The van der Waals surface area contributed by atoms with Gasteiger partial charge in [-0.2, -0.15) is 0 Å². The molecule has 1 aromatic rings. The summed E-state index contributed by atoms with van der Waals surface area (Å²) in [5.74, 6) is -1.41. The van der Waals surface area contributed by atoms with Gasteiger partial charge in [-0.1, -0.05) is 12.2 Å². The highest BCUT2D eigenvalue weighted by Crippen LogP contribution is 2.45. The molecule has 4 N–H and O–H groups in total. The molecule has 8 heteroatoms. The summed E-state index contributed by atoms with van der Waals surface area (Å²) >= 11 is 0. The van der Waals surface area contributed by atoms with Crippen LogP contribution in [-0.4, -0.2) is 46.7 Å². The minimum absolute atomic E-state index is 0.0558. The first-order chi connectivity index (χ1) is 14.4. The number of aromatic hydroxyl groups is 1. The molecule has 1 aromatic carbocycles. The van der Waals surface area contributed by atoms with Gasteiger partial charge in [0.1, 0.15) is 5.75 Å². The molecular formula is C22H28N2O6. The molecule has 0 unspecified atom stereocenters. The fourth-order valence-corrected chi connectivity index (χ4v) is 4.21. The molecule has 0 aliphatic carbocycles. The van der Waals surface area contributed by atoms with Crippen LogP contribution in [0, 0.1) is 11.8 Å². The van der Waals surface area contributed by atoms with Gasteiger partial charge >= 0.3 is 5.97 Å². The molecular weight excluding hydrogens is 388 g/mol. The van der Waals surface area contributed by atoms with Gasteiger partial charge in [0.05, 0.1) is 24.7 Å². The molecule has 2 aliphatic heterocycles. The molecule has 0 radical (unpaired) electrons. The standard InChI is InChI=1S/C22H28N2O6/c25-15-9-7-14(8-10-15)24-19(26)13-23-22(29)21-16(17-11-12-18(21)30-17)5-3-1-2-4-6-20(27)28/h1,3,7-10,16-18,21,25H,2,4-6,11-13H2,(H,23,29)(H,24,26)(H,27,28)/t16-,17+,18-,21-/m0/s1. The normalized spacial score (nSPS) is 24.8. The van der Waals surface area contributed by atoms with E-state index < -0.39 is 5.97 Å². The second-order valence-corrected chi connectivity index (χ2v) is 7.79. The van der Waals surface area contributed by atoms with Crippen LogP contribution in [0.1, 0.15) is 38.5 Å². The Morgan fingerprint density at radius 1 is 1.10 bits per heavy atom. The van der Waals surface area contributed by atoms with Crippen molar-refractivity contribution in [2.24, 2.45) is 11.8 Å². The third kappa shape index (κ3) is 5.82. The van der Waals surface area contributed by atoms with Crippen molar-refractivity contribution >= 4 is 23.5 Å². The van der Waals surface area contributed by atoms with E-state index in [0.29, 0.717) is 24.9 Å². The molecule has 2 fully saturated rings. The van der Waals surface area contributed by atoms with Crippen molar-refractivity contribution in [2.75, 3.05) is 11.9 Å². The van der Waals surface area contributed by atoms with E-state index in [0.717, 1.165) is 12.8 Å². The smallest absolute Gasteiger partial charge is 0.303 e. The number of aliphatic carboxylic acids is 1. The van der Waals surface area contributed by atoms with Crippen molar-refractivity contribution < 1.29 is 29.3 Å². The molecule has 162 valence electrons. The van der Waals surface area contributed by atoms with Gasteiger partial charge in [0.25, 0.3) is 0 Å². The summed E-state index contributed by atoms with van der Waals surface area (Å²) in [6.07, 6.45) is 7.85. The highest BCUT2D eigenvalue weighted by atomic mass is 16.5. The Morgan fingerprint density at radius 2 is 1.83 bits per heavy atom. The zero-order chi connectivity index (χ0) is 21.5. The lowest BCUT2D eigenvalue weighted by Crippen LogP contribution is -2.43. The highest BCUT2D eigenvalue weighted by Gasteiger charge is 2.51. The number of carbonyl (C=O) groups is 3. The molecule has 0 saturated carbocycles. The topological polar surface area (TPSA) is 125 Å². The molecule has 2 aliphatic rings. The molecule has 2 heterocycles. The van der Waals surface area contributed by atoms with E-state index in [1.54, 1.807) is 12.1 Å². The van der Waals surface area contributed by atoms with Crippen molar-refractivity contribution in [2.45, 2.75) is 50.7 Å². The van der Waals surface area contributed by atoms with Crippen molar-refractivity contribution in [1.82, 2.24) is 5.32 Å². The molecule has 30 heavy (non-hydrogen) atoms. The Morgan fingerprint density at radius 3 is 2.57 bits per heavy atom. The maximum absolute atomic E-state index is 12.8. The van der Waals surface area contributed by atoms with Gasteiger partial charge in [0, 0.05) is 18.0 Å². The Hall–Kier alpha value is -2.87. The first-order valence-corrected chi connectivity index (χ1v) is 10.3. The summed E-state index contributed by atoms with van der Waals surface area (Å²) in [6.45, 7) is -0.134. The molecule has 3 rings (SSSR count). The Balaban J connectivity index is 1.47. The molecule has 8 nitrogen and oxygen atoms in total. The number of fused-ring (bicyclic) bond motifs is 2. The van der Waals surface area contributed by atoms with Gasteiger partial charge in [-0.15, -0.1) is 0 Å². The number of rotatable bonds is 10. The molecule has 0 spiro atoms. The van der Waals surface area contributed by atoms with Gasteiger partial charge < -0.3 is 25.6 Å². The van der Waals surface area contributed by atoms with E-state index in [1.165, 1.54) is 12.1 Å². The number of hydrogen-bond acceptors (Lipinski definition) is 5. The summed E-state index contributed by atoms with van der Waals surface area (Å²) in [5, 5.41) is 23.3. The predicted octanol–water partition coefficient (Wildman–Crippen LogP) is 2.44. The number of amides is 2. The van der Waals surface area contributed by atoms with Crippen LogP contribution in [0.15, 0.2) is 36.4 Å². The summed E-state index contributed by atoms with van der Waals surface area (Å²) in [7, 11) is 0. The number of carbonyl (C=O) groups excluding carboxylic acids is 2. The van der Waals surface area contributed by atoms with Gasteiger partial charge in [-0.3, -0.25) is 14.4 Å². The Labute approximate surface area is 175 Å². The van der Waals surface area contributed by atoms with E-state index in [-0.39, 0.29) is 54.6 Å². The maximum Gasteiger partial charge on any atom is 0.303 e. The fourth-order valence-electron chi connectivity index (χ4n) is 4.21. The van der Waals surface area contributed by atoms with Gasteiger partial charge in [0.2, 0.25) is 11.8 Å². The van der Waals surface area contributed by atoms with Crippen LogP contribution in [0.5, 0.6) is 5.75 Å². The van der Waals surface area contributed by atoms with Crippen LogP contribution in [0.2, 0.25) is 0 Å². The number of ether oxygens (including phenoxy) is 1. The van der Waals surface area contributed by atoms with Crippen molar-refractivity contribution in [3.63, 3.8) is 0 Å². The minimum Gasteiger partial charge on any atom is -0.508 e. The molecule has 2 bridgehead atoms. The minimum atomic E-state index is -0.795. The number of anilines is 1. The number of phenolic OH excluding ortho intramolecular Hbond substituents is 1. The van der Waals surface area contributed by atoms with E-state index in [1.807, 2.05) is 12.2 Å². The largest absolute Gasteiger partial charge is 0.508 e. The average molecular weight is 416 g/mol. The van der Waals surface area contributed by atoms with E-state index in [9.17, 15) is 19.5 Å². The Bertz CT molecular complexity index is 791. The zero-order valence-corrected chi connectivity index (χ0v) is 16.8. The molecule has 2 saturated heterocycles. The van der Waals surface area contributed by atoms with Crippen LogP contribution in [-0.2, 0) is 19.1 Å². The lowest BCUT2D eigenvalue weighted by molar-refractivity contribution is -0.137. The van der Waals surface area contributed by atoms with Crippen molar-refractivity contribution in [3.8, 4) is 5.75 Å². The van der Waals surface area contributed by atoms with Crippen LogP contribution in [0.3, 0.4) is 0 Å². The van der Waals surface area contributed by atoms with E-state index >= 15 is 0 Å². The SMILES string of the molecule is O=C(O)CCCC=CC[C@@H]1[C@H](C(=O)NCC(=O)Nc2ccc(O)cc2)[C@@H]2CC[C@H]1O2.